The number of hydrogen-bond donors (Lipinski definition) is 0. The monoisotopic (exact) mass is 404 g/mol. The summed E-state index contributed by atoms with van der Waals surface area (Å²) in [6, 6.07) is 4.04. The molecule has 152 valence electrons. The molecule has 2 aliphatic heterocycles. The second kappa shape index (κ2) is 9.41. The average molecular weight is 405 g/mol. The lowest BCUT2D eigenvalue weighted by Crippen LogP contribution is -2.45. The van der Waals surface area contributed by atoms with Gasteiger partial charge >= 0.3 is 0 Å². The summed E-state index contributed by atoms with van der Waals surface area (Å²) in [4.78, 5) is 33.4. The smallest absolute Gasteiger partial charge is 0.225 e. The molecule has 0 unspecified atom stereocenters. The van der Waals surface area contributed by atoms with Crippen LogP contribution in [0.5, 0.6) is 0 Å². The summed E-state index contributed by atoms with van der Waals surface area (Å²) in [6.07, 6.45) is 11.2. The summed E-state index contributed by atoms with van der Waals surface area (Å²) in [5, 5.41) is 1.15. The molecular weight excluding hydrogens is 376 g/mol. The first-order valence-corrected chi connectivity index (χ1v) is 10.2. The predicted octanol–water partition coefficient (Wildman–Crippen LogP) is 3.10. The fourth-order valence-corrected chi connectivity index (χ4v) is 4.35. The molecule has 4 rings (SSSR count). The molecule has 4 heterocycles. The predicted molar refractivity (Wildman–Crippen MR) is 111 cm³/mol. The summed E-state index contributed by atoms with van der Waals surface area (Å²) < 4.78 is 2.09. The number of halogens is 1. The summed E-state index contributed by atoms with van der Waals surface area (Å²) in [6.45, 7) is 3.91. The fraction of sp³-hybridized carbons (Fsp3) is 0.571. The highest BCUT2D eigenvalue weighted by Crippen LogP contribution is 2.22. The van der Waals surface area contributed by atoms with Gasteiger partial charge in [0.25, 0.3) is 0 Å². The van der Waals surface area contributed by atoms with E-state index in [0.29, 0.717) is 32.0 Å². The molecule has 7 heteroatoms. The van der Waals surface area contributed by atoms with E-state index >= 15 is 0 Å². The lowest BCUT2D eigenvalue weighted by molar-refractivity contribution is -0.141. The zero-order valence-corrected chi connectivity index (χ0v) is 17.1. The van der Waals surface area contributed by atoms with Gasteiger partial charge in [0, 0.05) is 62.8 Å². The van der Waals surface area contributed by atoms with E-state index in [1.165, 1.54) is 6.42 Å². The van der Waals surface area contributed by atoms with Crippen LogP contribution in [0, 0.1) is 5.92 Å². The molecule has 2 aromatic rings. The van der Waals surface area contributed by atoms with Crippen molar-refractivity contribution in [1.29, 1.82) is 0 Å². The lowest BCUT2D eigenvalue weighted by Gasteiger charge is -2.35. The van der Waals surface area contributed by atoms with Crippen LogP contribution in [0.15, 0.2) is 30.7 Å². The first-order chi connectivity index (χ1) is 13.2. The third-order valence-corrected chi connectivity index (χ3v) is 6.01. The van der Waals surface area contributed by atoms with E-state index < -0.39 is 0 Å². The highest BCUT2D eigenvalue weighted by atomic mass is 35.5. The number of amides is 2. The van der Waals surface area contributed by atoms with E-state index in [1.54, 1.807) is 6.20 Å². The van der Waals surface area contributed by atoms with Crippen molar-refractivity contribution in [3.8, 4) is 0 Å². The Balaban J connectivity index is 0.00000225. The molecule has 2 aromatic heterocycles. The van der Waals surface area contributed by atoms with Crippen LogP contribution in [-0.4, -0.2) is 57.3 Å². The Hall–Kier alpha value is -2.08. The number of fused-ring (bicyclic) bond motifs is 1. The highest BCUT2D eigenvalue weighted by molar-refractivity contribution is 5.85. The first-order valence-electron chi connectivity index (χ1n) is 10.2. The van der Waals surface area contributed by atoms with E-state index in [2.05, 4.69) is 15.6 Å². The van der Waals surface area contributed by atoms with E-state index in [4.69, 9.17) is 0 Å². The molecular formula is C21H29ClN4O2. The molecule has 6 nitrogen and oxygen atoms in total. The SMILES string of the molecule is Cl.O=C(CCn1ccc2ccncc21)N1CCC(C(=O)N2CCCCC2)CC1. The van der Waals surface area contributed by atoms with Crippen LogP contribution >= 0.6 is 12.4 Å². The van der Waals surface area contributed by atoms with Gasteiger partial charge in [0.15, 0.2) is 0 Å². The Bertz CT molecular complexity index is 808. The van der Waals surface area contributed by atoms with E-state index in [9.17, 15) is 9.59 Å². The zero-order chi connectivity index (χ0) is 18.6. The van der Waals surface area contributed by atoms with Crippen LogP contribution < -0.4 is 0 Å². The summed E-state index contributed by atoms with van der Waals surface area (Å²) in [7, 11) is 0. The van der Waals surface area contributed by atoms with Gasteiger partial charge in [-0.2, -0.15) is 0 Å². The van der Waals surface area contributed by atoms with Gasteiger partial charge in [0.2, 0.25) is 11.8 Å². The lowest BCUT2D eigenvalue weighted by atomic mass is 9.94. The van der Waals surface area contributed by atoms with Crippen molar-refractivity contribution in [2.24, 2.45) is 5.92 Å². The topological polar surface area (TPSA) is 58.4 Å². The molecule has 0 radical (unpaired) electrons. The minimum atomic E-state index is 0. The Morgan fingerprint density at radius 1 is 1.00 bits per heavy atom. The molecule has 0 aromatic carbocycles. The second-order valence-electron chi connectivity index (χ2n) is 7.73. The Morgan fingerprint density at radius 3 is 2.50 bits per heavy atom. The van der Waals surface area contributed by atoms with Crippen LogP contribution in [0.3, 0.4) is 0 Å². The quantitative estimate of drug-likeness (QED) is 0.786. The standard InChI is InChI=1S/C21H28N4O2.ClH/c26-20(8-15-23-12-5-17-4-9-22-16-19(17)23)24-13-6-18(7-14-24)21(27)25-10-2-1-3-11-25;/h4-5,9,12,16,18H,1-3,6-8,10-11,13-15H2;1H. The average Bonchev–Trinajstić information content (AvgIpc) is 3.15. The van der Waals surface area contributed by atoms with E-state index in [-0.39, 0.29) is 24.2 Å². The zero-order valence-electron chi connectivity index (χ0n) is 16.3. The largest absolute Gasteiger partial charge is 0.346 e. The maximum atomic E-state index is 12.6. The van der Waals surface area contributed by atoms with Crippen molar-refractivity contribution < 1.29 is 9.59 Å². The van der Waals surface area contributed by atoms with Crippen LogP contribution in [0.4, 0.5) is 0 Å². The number of hydrogen-bond acceptors (Lipinski definition) is 3. The molecule has 2 fully saturated rings. The number of carbonyl (C=O) groups is 2. The van der Waals surface area contributed by atoms with Gasteiger partial charge in [-0.05, 0) is 44.2 Å². The number of nitrogens with zero attached hydrogens (tertiary/aromatic N) is 4. The molecule has 2 aliphatic rings. The van der Waals surface area contributed by atoms with Crippen molar-refractivity contribution >= 4 is 35.1 Å². The van der Waals surface area contributed by atoms with Gasteiger partial charge in [-0.15, -0.1) is 12.4 Å². The van der Waals surface area contributed by atoms with Gasteiger partial charge in [0.05, 0.1) is 11.7 Å². The van der Waals surface area contributed by atoms with Crippen molar-refractivity contribution in [3.63, 3.8) is 0 Å². The Morgan fingerprint density at radius 2 is 1.75 bits per heavy atom. The first kappa shape index (κ1) is 20.6. The molecule has 0 saturated carbocycles. The van der Waals surface area contributed by atoms with Crippen molar-refractivity contribution in [1.82, 2.24) is 19.4 Å². The highest BCUT2D eigenvalue weighted by Gasteiger charge is 2.30. The number of carbonyl (C=O) groups excluding carboxylic acids is 2. The minimum Gasteiger partial charge on any atom is -0.346 e. The third kappa shape index (κ3) is 4.49. The van der Waals surface area contributed by atoms with Crippen molar-refractivity contribution in [2.75, 3.05) is 26.2 Å². The number of aryl methyl sites for hydroxylation is 1. The molecule has 0 bridgehead atoms. The van der Waals surface area contributed by atoms with Gasteiger partial charge < -0.3 is 14.4 Å². The second-order valence-corrected chi connectivity index (χ2v) is 7.73. The van der Waals surface area contributed by atoms with Crippen molar-refractivity contribution in [3.05, 3.63) is 30.7 Å². The van der Waals surface area contributed by atoms with Crippen LogP contribution in [-0.2, 0) is 16.1 Å². The fourth-order valence-electron chi connectivity index (χ4n) is 4.35. The van der Waals surface area contributed by atoms with Crippen LogP contribution in [0.1, 0.15) is 38.5 Å². The number of likely N-dealkylation sites (tertiary alicyclic amines) is 2. The molecule has 2 saturated heterocycles. The number of aromatic nitrogens is 2. The van der Waals surface area contributed by atoms with Gasteiger partial charge in [-0.3, -0.25) is 14.6 Å². The molecule has 2 amide bonds. The van der Waals surface area contributed by atoms with Gasteiger partial charge in [-0.25, -0.2) is 0 Å². The maximum Gasteiger partial charge on any atom is 0.225 e. The number of pyridine rings is 1. The molecule has 0 spiro atoms. The number of rotatable bonds is 4. The third-order valence-electron chi connectivity index (χ3n) is 6.01. The minimum absolute atomic E-state index is 0. The normalized spacial score (nSPS) is 18.1. The maximum absolute atomic E-state index is 12.6. The molecule has 0 N–H and O–H groups in total. The van der Waals surface area contributed by atoms with Gasteiger partial charge in [0.1, 0.15) is 0 Å². The van der Waals surface area contributed by atoms with Crippen LogP contribution in [0.25, 0.3) is 10.9 Å². The summed E-state index contributed by atoms with van der Waals surface area (Å²) in [5.74, 6) is 0.601. The van der Waals surface area contributed by atoms with E-state index in [1.807, 2.05) is 28.3 Å². The Kier molecular flexibility index (Phi) is 6.94. The summed E-state index contributed by atoms with van der Waals surface area (Å²) >= 11 is 0. The molecule has 0 aliphatic carbocycles. The van der Waals surface area contributed by atoms with Crippen molar-refractivity contribution in [2.45, 2.75) is 45.1 Å². The van der Waals surface area contributed by atoms with Crippen LogP contribution in [0.2, 0.25) is 0 Å². The number of piperidine rings is 2. The molecule has 28 heavy (non-hydrogen) atoms. The molecule has 0 atom stereocenters. The van der Waals surface area contributed by atoms with E-state index in [0.717, 1.165) is 49.7 Å². The Labute approximate surface area is 172 Å². The van der Waals surface area contributed by atoms with Gasteiger partial charge in [-0.1, -0.05) is 0 Å². The summed E-state index contributed by atoms with van der Waals surface area (Å²) in [5.41, 5.74) is 1.07.